The van der Waals surface area contributed by atoms with Gasteiger partial charge in [0.1, 0.15) is 0 Å². The highest BCUT2D eigenvalue weighted by Gasteiger charge is 2.28. The summed E-state index contributed by atoms with van der Waals surface area (Å²) in [7, 11) is 0. The van der Waals surface area contributed by atoms with Gasteiger partial charge in [-0.2, -0.15) is 0 Å². The summed E-state index contributed by atoms with van der Waals surface area (Å²) in [6.45, 7) is 8.34. The summed E-state index contributed by atoms with van der Waals surface area (Å²) in [6.07, 6.45) is 45.9. The number of unbranched alkanes of at least 4 members (excludes halogenated alkanes) is 30. The molecular formula is C40H81NO2. The van der Waals surface area contributed by atoms with Crippen LogP contribution in [0.15, 0.2) is 0 Å². The van der Waals surface area contributed by atoms with Crippen LogP contribution in [-0.2, 0) is 9.47 Å². The number of hydrogen-bond donors (Lipinski definition) is 1. The predicted molar refractivity (Wildman–Crippen MR) is 191 cm³/mol. The van der Waals surface area contributed by atoms with Gasteiger partial charge in [0.15, 0.2) is 0 Å². The molecular weight excluding hydrogens is 526 g/mol. The van der Waals surface area contributed by atoms with E-state index >= 15 is 0 Å². The zero-order valence-electron chi connectivity index (χ0n) is 29.9. The second-order valence-corrected chi connectivity index (χ2v) is 14.1. The molecule has 0 radical (unpaired) electrons. The average Bonchev–Trinajstić information content (AvgIpc) is 3.47. The van der Waals surface area contributed by atoms with Gasteiger partial charge < -0.3 is 14.8 Å². The van der Waals surface area contributed by atoms with E-state index in [-0.39, 0.29) is 12.2 Å². The van der Waals surface area contributed by atoms with Crippen molar-refractivity contribution in [3.63, 3.8) is 0 Å². The van der Waals surface area contributed by atoms with Crippen LogP contribution in [0.5, 0.6) is 0 Å². The molecule has 0 spiro atoms. The Morgan fingerprint density at radius 3 is 0.767 bits per heavy atom. The zero-order chi connectivity index (χ0) is 30.7. The zero-order valence-corrected chi connectivity index (χ0v) is 29.9. The highest BCUT2D eigenvalue weighted by molar-refractivity contribution is 4.83. The maximum absolute atomic E-state index is 6.23. The van der Waals surface area contributed by atoms with Crippen LogP contribution < -0.4 is 5.32 Å². The highest BCUT2D eigenvalue weighted by Crippen LogP contribution is 2.16. The van der Waals surface area contributed by atoms with Gasteiger partial charge in [-0.15, -0.1) is 0 Å². The van der Waals surface area contributed by atoms with Crippen molar-refractivity contribution in [1.29, 1.82) is 0 Å². The molecule has 0 saturated carbocycles. The largest absolute Gasteiger partial charge is 0.374 e. The average molecular weight is 608 g/mol. The molecule has 1 fully saturated rings. The summed E-state index contributed by atoms with van der Waals surface area (Å²) >= 11 is 0. The number of nitrogens with one attached hydrogen (secondary N) is 1. The molecule has 258 valence electrons. The third-order valence-corrected chi connectivity index (χ3v) is 9.77. The summed E-state index contributed by atoms with van der Waals surface area (Å²) < 4.78 is 12.5. The molecule has 0 aromatic heterocycles. The molecule has 1 rings (SSSR count). The Morgan fingerprint density at radius 1 is 0.326 bits per heavy atom. The molecule has 1 aliphatic heterocycles. The summed E-state index contributed by atoms with van der Waals surface area (Å²) in [5.74, 6) is 0. The van der Waals surface area contributed by atoms with Crippen LogP contribution >= 0.6 is 0 Å². The molecule has 1 heterocycles. The molecule has 1 aliphatic rings. The maximum atomic E-state index is 6.23. The van der Waals surface area contributed by atoms with E-state index in [0.29, 0.717) is 0 Å². The first-order valence-corrected chi connectivity index (χ1v) is 20.3. The smallest absolute Gasteiger partial charge is 0.0973 e. The van der Waals surface area contributed by atoms with Gasteiger partial charge in [-0.25, -0.2) is 0 Å². The Kier molecular flexibility index (Phi) is 33.1. The van der Waals surface area contributed by atoms with Crippen LogP contribution in [0.1, 0.15) is 219 Å². The first kappa shape index (κ1) is 40.9. The quantitative estimate of drug-likeness (QED) is 0.0719. The van der Waals surface area contributed by atoms with Gasteiger partial charge in [0.2, 0.25) is 0 Å². The molecule has 2 atom stereocenters. The number of hydrogen-bond acceptors (Lipinski definition) is 3. The second kappa shape index (κ2) is 34.7. The van der Waals surface area contributed by atoms with E-state index in [1.165, 1.54) is 205 Å². The summed E-state index contributed by atoms with van der Waals surface area (Å²) in [4.78, 5) is 0. The van der Waals surface area contributed by atoms with Crippen molar-refractivity contribution in [3.8, 4) is 0 Å². The molecule has 3 heteroatoms. The summed E-state index contributed by atoms with van der Waals surface area (Å²) in [5.41, 5.74) is 0. The molecule has 43 heavy (non-hydrogen) atoms. The van der Waals surface area contributed by atoms with E-state index in [0.717, 1.165) is 26.3 Å². The second-order valence-electron chi connectivity index (χ2n) is 14.1. The van der Waals surface area contributed by atoms with Crippen molar-refractivity contribution in [2.75, 3.05) is 26.3 Å². The molecule has 1 N–H and O–H groups in total. The Morgan fingerprint density at radius 2 is 0.535 bits per heavy atom. The van der Waals surface area contributed by atoms with E-state index < -0.39 is 0 Å². The topological polar surface area (TPSA) is 30.5 Å². The number of ether oxygens (including phenoxy) is 2. The van der Waals surface area contributed by atoms with Crippen molar-refractivity contribution < 1.29 is 9.47 Å². The van der Waals surface area contributed by atoms with Gasteiger partial charge in [0.05, 0.1) is 12.2 Å². The van der Waals surface area contributed by atoms with E-state index in [2.05, 4.69) is 19.2 Å². The summed E-state index contributed by atoms with van der Waals surface area (Å²) in [6, 6.07) is 0. The van der Waals surface area contributed by atoms with Crippen molar-refractivity contribution in [1.82, 2.24) is 5.32 Å². The molecule has 1 saturated heterocycles. The van der Waals surface area contributed by atoms with Crippen molar-refractivity contribution in [2.24, 2.45) is 0 Å². The first-order chi connectivity index (χ1) is 21.4. The Balaban J connectivity index is 1.77. The van der Waals surface area contributed by atoms with E-state index in [1.54, 1.807) is 0 Å². The van der Waals surface area contributed by atoms with E-state index in [9.17, 15) is 0 Å². The van der Waals surface area contributed by atoms with Crippen LogP contribution in [0.3, 0.4) is 0 Å². The van der Waals surface area contributed by atoms with Gasteiger partial charge in [-0.3, -0.25) is 0 Å². The van der Waals surface area contributed by atoms with Crippen LogP contribution in [0, 0.1) is 0 Å². The SMILES string of the molecule is CCCCCCCCCCCCCCCCCCOC1CNC[C@H]1OCCCCCCCCCCCCCCCCCC. The first-order valence-electron chi connectivity index (χ1n) is 20.3. The molecule has 0 aromatic rings. The van der Waals surface area contributed by atoms with Crippen molar-refractivity contribution in [2.45, 2.75) is 232 Å². The number of rotatable bonds is 36. The van der Waals surface area contributed by atoms with Crippen LogP contribution in [0.4, 0.5) is 0 Å². The lowest BCUT2D eigenvalue weighted by molar-refractivity contribution is -0.0481. The normalized spacial score (nSPS) is 16.9. The molecule has 0 amide bonds. The fourth-order valence-electron chi connectivity index (χ4n) is 6.73. The van der Waals surface area contributed by atoms with Crippen LogP contribution in [0.25, 0.3) is 0 Å². The minimum absolute atomic E-state index is 0.261. The Hall–Kier alpha value is -0.120. The highest BCUT2D eigenvalue weighted by atomic mass is 16.5. The Labute approximate surface area is 272 Å². The van der Waals surface area contributed by atoms with Gasteiger partial charge in [-0.05, 0) is 12.8 Å². The van der Waals surface area contributed by atoms with Crippen molar-refractivity contribution >= 4 is 0 Å². The standard InChI is InChI=1S/C40H81NO2/c1-3-5-7-9-11-13-15-17-19-21-23-25-27-29-31-33-35-42-39-37-41-38-40(39)43-36-34-32-30-28-26-24-22-20-18-16-14-12-10-8-6-4-2/h39-41H,3-38H2,1-2H3/t39-,40?/m1/s1. The predicted octanol–water partition coefficient (Wildman–Crippen LogP) is 12.9. The fourth-order valence-corrected chi connectivity index (χ4v) is 6.73. The van der Waals surface area contributed by atoms with Crippen molar-refractivity contribution in [3.05, 3.63) is 0 Å². The monoisotopic (exact) mass is 608 g/mol. The lowest BCUT2D eigenvalue weighted by Gasteiger charge is -2.20. The molecule has 1 unspecified atom stereocenters. The lowest BCUT2D eigenvalue weighted by Crippen LogP contribution is -2.30. The summed E-state index contributed by atoms with van der Waals surface area (Å²) in [5, 5.41) is 3.49. The van der Waals surface area contributed by atoms with Gasteiger partial charge in [-0.1, -0.05) is 206 Å². The van der Waals surface area contributed by atoms with Gasteiger partial charge in [0, 0.05) is 26.3 Å². The molecule has 3 nitrogen and oxygen atoms in total. The molecule has 0 aromatic carbocycles. The Bertz CT molecular complexity index is 469. The van der Waals surface area contributed by atoms with Crippen LogP contribution in [0.2, 0.25) is 0 Å². The third-order valence-electron chi connectivity index (χ3n) is 9.77. The lowest BCUT2D eigenvalue weighted by atomic mass is 10.0. The minimum atomic E-state index is 0.261. The molecule has 0 aliphatic carbocycles. The molecule has 0 bridgehead atoms. The van der Waals surface area contributed by atoms with E-state index in [4.69, 9.17) is 9.47 Å². The maximum Gasteiger partial charge on any atom is 0.0973 e. The van der Waals surface area contributed by atoms with Crippen LogP contribution in [-0.4, -0.2) is 38.5 Å². The third kappa shape index (κ3) is 29.1. The van der Waals surface area contributed by atoms with Gasteiger partial charge >= 0.3 is 0 Å². The fraction of sp³-hybridized carbons (Fsp3) is 1.00. The van der Waals surface area contributed by atoms with E-state index in [1.807, 2.05) is 0 Å². The minimum Gasteiger partial charge on any atom is -0.374 e. The van der Waals surface area contributed by atoms with Gasteiger partial charge in [0.25, 0.3) is 0 Å².